The monoisotopic (exact) mass is 370 g/mol. The number of amides is 2. The highest BCUT2D eigenvalue weighted by atomic mass is 32.2. The Balaban J connectivity index is 1.54. The van der Waals surface area contributed by atoms with Gasteiger partial charge in [0.25, 0.3) is 0 Å². The zero-order chi connectivity index (χ0) is 18.7. The van der Waals surface area contributed by atoms with E-state index in [1.165, 1.54) is 30.0 Å². The van der Waals surface area contributed by atoms with Crippen LogP contribution in [0.25, 0.3) is 0 Å². The van der Waals surface area contributed by atoms with Gasteiger partial charge in [0.1, 0.15) is 6.42 Å². The number of carbonyl (C=O) groups is 3. The number of nitrogens with one attached hydrogen (secondary N) is 3. The first-order chi connectivity index (χ1) is 12.4. The molecular formula is C18H16N3O4S-. The van der Waals surface area contributed by atoms with Gasteiger partial charge in [-0.2, -0.15) is 0 Å². The molecule has 134 valence electrons. The first-order valence-corrected chi connectivity index (χ1v) is 8.74. The lowest BCUT2D eigenvalue weighted by Crippen LogP contribution is -2.37. The molecule has 0 saturated carbocycles. The van der Waals surface area contributed by atoms with Crippen LogP contribution in [0.15, 0.2) is 47.4 Å². The number of rotatable bonds is 5. The molecule has 3 rings (SSSR count). The summed E-state index contributed by atoms with van der Waals surface area (Å²) in [6.45, 7) is 1.99. The Morgan fingerprint density at radius 1 is 1.15 bits per heavy atom. The maximum atomic E-state index is 12.1. The summed E-state index contributed by atoms with van der Waals surface area (Å²) in [5.41, 5.74) is 1.65. The van der Waals surface area contributed by atoms with E-state index >= 15 is 0 Å². The van der Waals surface area contributed by atoms with Crippen LogP contribution in [-0.4, -0.2) is 23.3 Å². The predicted molar refractivity (Wildman–Crippen MR) is 96.6 cm³/mol. The molecule has 0 spiro atoms. The van der Waals surface area contributed by atoms with Crippen molar-refractivity contribution in [3.05, 3.63) is 53.6 Å². The van der Waals surface area contributed by atoms with Crippen LogP contribution in [0.2, 0.25) is 0 Å². The number of aryl methyl sites for hydroxylation is 1. The lowest BCUT2D eigenvalue weighted by molar-refractivity contribution is -0.254. The number of para-hydroxylation sites is 1. The number of benzene rings is 2. The lowest BCUT2D eigenvalue weighted by atomic mass is 10.2. The molecule has 8 heteroatoms. The zero-order valence-corrected chi connectivity index (χ0v) is 14.7. The minimum atomic E-state index is -1.40. The molecule has 0 saturated heterocycles. The molecule has 0 aromatic heterocycles. The van der Waals surface area contributed by atoms with Gasteiger partial charge in [0.15, 0.2) is 5.50 Å². The molecule has 0 unspecified atom stereocenters. The molecule has 0 fully saturated rings. The number of anilines is 2. The number of carboxylic acid groups (broad SMARTS) is 1. The highest BCUT2D eigenvalue weighted by Crippen LogP contribution is 2.37. The third-order valence-corrected chi connectivity index (χ3v) is 4.77. The summed E-state index contributed by atoms with van der Waals surface area (Å²) >= 11 is 1.46. The van der Waals surface area contributed by atoms with E-state index < -0.39 is 24.2 Å². The van der Waals surface area contributed by atoms with Gasteiger partial charge in [0.05, 0.1) is 11.7 Å². The maximum absolute atomic E-state index is 12.1. The Bertz CT molecular complexity index is 884. The molecule has 2 amide bonds. The van der Waals surface area contributed by atoms with Gasteiger partial charge in [-0.15, -0.1) is 0 Å². The van der Waals surface area contributed by atoms with Crippen molar-refractivity contribution in [3.8, 4) is 0 Å². The van der Waals surface area contributed by atoms with Crippen LogP contribution in [-0.2, 0) is 9.59 Å². The number of fused-ring (bicyclic) bond motifs is 1. The van der Waals surface area contributed by atoms with E-state index in [1.54, 1.807) is 6.07 Å². The zero-order valence-electron chi connectivity index (χ0n) is 13.9. The van der Waals surface area contributed by atoms with Crippen LogP contribution in [0.4, 0.5) is 11.4 Å². The van der Waals surface area contributed by atoms with Gasteiger partial charge in [-0.1, -0.05) is 36.0 Å². The topological polar surface area (TPSA) is 110 Å². The van der Waals surface area contributed by atoms with Crippen molar-refractivity contribution in [2.45, 2.75) is 23.7 Å². The Morgan fingerprint density at radius 2 is 1.92 bits per heavy atom. The van der Waals surface area contributed by atoms with Gasteiger partial charge < -0.3 is 25.9 Å². The van der Waals surface area contributed by atoms with Gasteiger partial charge >= 0.3 is 0 Å². The molecule has 26 heavy (non-hydrogen) atoms. The van der Waals surface area contributed by atoms with Crippen molar-refractivity contribution in [1.29, 1.82) is 0 Å². The fraction of sp³-hybridized carbons (Fsp3) is 0.167. The molecule has 7 nitrogen and oxygen atoms in total. The predicted octanol–water partition coefficient (Wildman–Crippen LogP) is 1.30. The fourth-order valence-electron chi connectivity index (χ4n) is 2.52. The van der Waals surface area contributed by atoms with Gasteiger partial charge in [0, 0.05) is 16.1 Å². The van der Waals surface area contributed by atoms with Crippen molar-refractivity contribution in [2.24, 2.45) is 0 Å². The second kappa shape index (κ2) is 7.49. The Kier molecular flexibility index (Phi) is 5.13. The van der Waals surface area contributed by atoms with Crippen LogP contribution in [0.1, 0.15) is 22.3 Å². The molecule has 1 atom stereocenters. The van der Waals surface area contributed by atoms with Gasteiger partial charge in [-0.05, 0) is 30.7 Å². The smallest absolute Gasteiger partial charge is 0.233 e. The summed E-state index contributed by atoms with van der Waals surface area (Å²) in [5.74, 6) is -2.47. The summed E-state index contributed by atoms with van der Waals surface area (Å²) in [6, 6.07) is 11.8. The quantitative estimate of drug-likeness (QED) is 0.685. The molecular weight excluding hydrogens is 354 g/mol. The normalized spacial score (nSPS) is 14.9. The van der Waals surface area contributed by atoms with E-state index in [9.17, 15) is 19.5 Å². The van der Waals surface area contributed by atoms with E-state index in [0.29, 0.717) is 0 Å². The fourth-order valence-corrected chi connectivity index (χ4v) is 3.66. The van der Waals surface area contributed by atoms with Crippen LogP contribution >= 0.6 is 11.8 Å². The van der Waals surface area contributed by atoms with Crippen LogP contribution in [0, 0.1) is 6.92 Å². The standard InChI is InChI=1S/C18H17N3O4S/c1-10-6-7-13-14(8-10)26-18(20-13)21-16(23)9-15(22)19-12-5-3-2-4-11(12)17(24)25/h2-8,18,20H,9H2,1H3,(H,19,22)(H,21,23)(H,24,25)/p-1/t18-/m1/s1. The average molecular weight is 370 g/mol. The molecule has 1 heterocycles. The van der Waals surface area contributed by atoms with E-state index in [1.807, 2.05) is 25.1 Å². The molecule has 0 aliphatic carbocycles. The van der Waals surface area contributed by atoms with Crippen LogP contribution in [0.3, 0.4) is 0 Å². The second-order valence-electron chi connectivity index (χ2n) is 5.77. The van der Waals surface area contributed by atoms with E-state index in [0.717, 1.165) is 16.1 Å². The summed E-state index contributed by atoms with van der Waals surface area (Å²) < 4.78 is 0. The second-order valence-corrected chi connectivity index (χ2v) is 6.91. The van der Waals surface area contributed by atoms with Crippen LogP contribution in [0.5, 0.6) is 0 Å². The van der Waals surface area contributed by atoms with Gasteiger partial charge in [-0.3, -0.25) is 9.59 Å². The maximum Gasteiger partial charge on any atom is 0.233 e. The highest BCUT2D eigenvalue weighted by molar-refractivity contribution is 8.00. The summed E-state index contributed by atoms with van der Waals surface area (Å²) in [6.07, 6.45) is -0.421. The molecule has 3 N–H and O–H groups in total. The SMILES string of the molecule is Cc1ccc2c(c1)S[C@@H](NC(=O)CC(=O)Nc1ccccc1C(=O)[O-])N2. The van der Waals surface area contributed by atoms with E-state index in [-0.39, 0.29) is 16.7 Å². The number of hydrogen-bond donors (Lipinski definition) is 3. The summed E-state index contributed by atoms with van der Waals surface area (Å²) in [4.78, 5) is 36.2. The van der Waals surface area contributed by atoms with Gasteiger partial charge in [-0.25, -0.2) is 0 Å². The highest BCUT2D eigenvalue weighted by Gasteiger charge is 2.23. The molecule has 2 aromatic carbocycles. The van der Waals surface area contributed by atoms with Crippen molar-refractivity contribution < 1.29 is 19.5 Å². The molecule has 0 bridgehead atoms. The van der Waals surface area contributed by atoms with E-state index in [4.69, 9.17) is 0 Å². The number of aromatic carboxylic acids is 1. The Labute approximate surface area is 154 Å². The molecule has 1 aliphatic rings. The first kappa shape index (κ1) is 17.8. The van der Waals surface area contributed by atoms with E-state index in [2.05, 4.69) is 16.0 Å². The summed E-state index contributed by atoms with van der Waals surface area (Å²) in [5, 5.41) is 19.3. The minimum Gasteiger partial charge on any atom is -0.545 e. The molecule has 0 radical (unpaired) electrons. The Hall–Kier alpha value is -3.00. The molecule has 1 aliphatic heterocycles. The number of hydrogen-bond acceptors (Lipinski definition) is 6. The summed E-state index contributed by atoms with van der Waals surface area (Å²) in [7, 11) is 0. The molecule has 2 aromatic rings. The van der Waals surface area contributed by atoms with Crippen molar-refractivity contribution in [2.75, 3.05) is 10.6 Å². The Morgan fingerprint density at radius 3 is 2.69 bits per heavy atom. The van der Waals surface area contributed by atoms with Crippen molar-refractivity contribution in [3.63, 3.8) is 0 Å². The third-order valence-electron chi connectivity index (χ3n) is 3.70. The third kappa shape index (κ3) is 4.15. The largest absolute Gasteiger partial charge is 0.545 e. The van der Waals surface area contributed by atoms with Crippen LogP contribution < -0.4 is 21.1 Å². The number of carbonyl (C=O) groups excluding carboxylic acids is 3. The van der Waals surface area contributed by atoms with Crippen molar-refractivity contribution >= 4 is 40.9 Å². The average Bonchev–Trinajstić information content (AvgIpc) is 2.95. The minimum absolute atomic E-state index is 0.0987. The number of thioether (sulfide) groups is 1. The number of carboxylic acids is 1. The van der Waals surface area contributed by atoms with Crippen molar-refractivity contribution in [1.82, 2.24) is 5.32 Å². The first-order valence-electron chi connectivity index (χ1n) is 7.86. The van der Waals surface area contributed by atoms with Gasteiger partial charge in [0.2, 0.25) is 11.8 Å². The lowest BCUT2D eigenvalue weighted by Gasteiger charge is -2.14.